The zero-order valence-corrected chi connectivity index (χ0v) is 10.0. The van der Waals surface area contributed by atoms with Crippen molar-refractivity contribution in [3.63, 3.8) is 0 Å². The molecule has 0 unspecified atom stereocenters. The van der Waals surface area contributed by atoms with E-state index in [9.17, 15) is 13.2 Å². The highest BCUT2D eigenvalue weighted by molar-refractivity contribution is 9.10. The van der Waals surface area contributed by atoms with Crippen LogP contribution in [0.2, 0.25) is 0 Å². The molecule has 17 heavy (non-hydrogen) atoms. The maximum Gasteiger partial charge on any atom is 0.194 e. The monoisotopic (exact) mass is 305 g/mol. The summed E-state index contributed by atoms with van der Waals surface area (Å²) in [4.78, 5) is 0. The summed E-state index contributed by atoms with van der Waals surface area (Å²) < 4.78 is 40.6. The van der Waals surface area contributed by atoms with Crippen molar-refractivity contribution in [2.75, 3.05) is 5.73 Å². The first-order valence-electron chi connectivity index (χ1n) is 4.59. The summed E-state index contributed by atoms with van der Waals surface area (Å²) in [5, 5.41) is 3.90. The van der Waals surface area contributed by atoms with E-state index in [1.54, 1.807) is 0 Å². The van der Waals surface area contributed by atoms with Gasteiger partial charge >= 0.3 is 0 Å². The highest BCUT2D eigenvalue weighted by atomic mass is 79.9. The van der Waals surface area contributed by atoms with Crippen LogP contribution in [-0.2, 0) is 6.54 Å². The molecule has 0 aliphatic heterocycles. The summed E-state index contributed by atoms with van der Waals surface area (Å²) in [6.07, 6.45) is 1.46. The van der Waals surface area contributed by atoms with Crippen molar-refractivity contribution in [3.8, 4) is 0 Å². The minimum Gasteiger partial charge on any atom is -0.383 e. The van der Waals surface area contributed by atoms with Gasteiger partial charge in [-0.3, -0.25) is 0 Å². The zero-order valence-electron chi connectivity index (χ0n) is 8.42. The van der Waals surface area contributed by atoms with E-state index < -0.39 is 17.5 Å². The number of aromatic nitrogens is 2. The predicted octanol–water partition coefficient (Wildman–Crippen LogP) is 2.69. The van der Waals surface area contributed by atoms with Gasteiger partial charge in [0, 0.05) is 0 Å². The molecule has 0 saturated carbocycles. The second-order valence-corrected chi connectivity index (χ2v) is 4.26. The number of benzene rings is 1. The van der Waals surface area contributed by atoms with Crippen molar-refractivity contribution < 1.29 is 13.2 Å². The molecule has 0 aliphatic rings. The number of nitrogen functional groups attached to an aromatic ring is 1. The van der Waals surface area contributed by atoms with Crippen LogP contribution in [0.15, 0.2) is 22.8 Å². The highest BCUT2D eigenvalue weighted by Crippen LogP contribution is 2.20. The van der Waals surface area contributed by atoms with Gasteiger partial charge in [-0.05, 0) is 33.6 Å². The number of anilines is 1. The molecule has 1 aromatic heterocycles. The fraction of sp³-hybridized carbons (Fsp3) is 0.100. The van der Waals surface area contributed by atoms with E-state index in [0.29, 0.717) is 10.3 Å². The van der Waals surface area contributed by atoms with Crippen molar-refractivity contribution in [2.24, 2.45) is 0 Å². The summed E-state index contributed by atoms with van der Waals surface area (Å²) in [7, 11) is 0. The van der Waals surface area contributed by atoms with E-state index in [-0.39, 0.29) is 12.1 Å². The van der Waals surface area contributed by atoms with Gasteiger partial charge in [-0.25, -0.2) is 17.9 Å². The van der Waals surface area contributed by atoms with Crippen LogP contribution in [0.4, 0.5) is 19.0 Å². The van der Waals surface area contributed by atoms with Gasteiger partial charge in [-0.2, -0.15) is 5.10 Å². The van der Waals surface area contributed by atoms with Gasteiger partial charge in [0.15, 0.2) is 17.5 Å². The van der Waals surface area contributed by atoms with E-state index in [2.05, 4.69) is 21.0 Å². The standard InChI is InChI=1S/C10H7BrF3N3/c11-6-3-16-17(10(6)15)4-5-1-7(12)9(14)8(13)2-5/h1-3H,4,15H2. The molecule has 2 aromatic rings. The molecular formula is C10H7BrF3N3. The summed E-state index contributed by atoms with van der Waals surface area (Å²) in [5.41, 5.74) is 5.89. The smallest absolute Gasteiger partial charge is 0.194 e. The topological polar surface area (TPSA) is 43.8 Å². The van der Waals surface area contributed by atoms with Crippen LogP contribution in [0.25, 0.3) is 0 Å². The lowest BCUT2D eigenvalue weighted by atomic mass is 10.2. The molecule has 3 nitrogen and oxygen atoms in total. The predicted molar refractivity (Wildman–Crippen MR) is 59.8 cm³/mol. The van der Waals surface area contributed by atoms with E-state index >= 15 is 0 Å². The number of rotatable bonds is 2. The fourth-order valence-corrected chi connectivity index (χ4v) is 1.67. The summed E-state index contributed by atoms with van der Waals surface area (Å²) in [6.45, 7) is 0.0611. The first-order valence-corrected chi connectivity index (χ1v) is 5.38. The van der Waals surface area contributed by atoms with Crippen LogP contribution in [-0.4, -0.2) is 9.78 Å². The van der Waals surface area contributed by atoms with Gasteiger partial charge in [0.05, 0.1) is 17.2 Å². The zero-order chi connectivity index (χ0) is 12.6. The van der Waals surface area contributed by atoms with E-state index in [1.807, 2.05) is 0 Å². The van der Waals surface area contributed by atoms with Crippen molar-refractivity contribution in [1.29, 1.82) is 0 Å². The Morgan fingerprint density at radius 2 is 1.82 bits per heavy atom. The Morgan fingerprint density at radius 1 is 1.24 bits per heavy atom. The van der Waals surface area contributed by atoms with Crippen molar-refractivity contribution >= 4 is 21.7 Å². The summed E-state index contributed by atoms with van der Waals surface area (Å²) in [6, 6.07) is 1.82. The minimum atomic E-state index is -1.48. The van der Waals surface area contributed by atoms with Gasteiger partial charge in [-0.1, -0.05) is 0 Å². The maximum absolute atomic E-state index is 13.0. The third kappa shape index (κ3) is 2.28. The lowest BCUT2D eigenvalue weighted by molar-refractivity contribution is 0.444. The summed E-state index contributed by atoms with van der Waals surface area (Å²) in [5.74, 6) is -3.62. The Balaban J connectivity index is 2.34. The molecule has 90 valence electrons. The van der Waals surface area contributed by atoms with Gasteiger partial charge < -0.3 is 5.73 Å². The SMILES string of the molecule is Nc1c(Br)cnn1Cc1cc(F)c(F)c(F)c1. The van der Waals surface area contributed by atoms with E-state index in [1.165, 1.54) is 10.9 Å². The Kier molecular flexibility index (Phi) is 3.10. The number of hydrogen-bond acceptors (Lipinski definition) is 2. The lowest BCUT2D eigenvalue weighted by Crippen LogP contribution is -2.07. The number of hydrogen-bond donors (Lipinski definition) is 1. The Bertz CT molecular complexity index is 545. The van der Waals surface area contributed by atoms with Gasteiger partial charge in [0.2, 0.25) is 0 Å². The molecule has 7 heteroatoms. The molecule has 0 spiro atoms. The first kappa shape index (κ1) is 12.0. The Morgan fingerprint density at radius 3 is 2.29 bits per heavy atom. The third-order valence-corrected chi connectivity index (χ3v) is 2.82. The number of halogens is 4. The average molecular weight is 306 g/mol. The Labute approximate surface area is 103 Å². The van der Waals surface area contributed by atoms with Crippen molar-refractivity contribution in [2.45, 2.75) is 6.54 Å². The Hall–Kier alpha value is -1.50. The van der Waals surface area contributed by atoms with Crippen LogP contribution in [0.3, 0.4) is 0 Å². The number of nitrogens with two attached hydrogens (primary N) is 1. The molecular weight excluding hydrogens is 299 g/mol. The normalized spacial score (nSPS) is 10.8. The third-order valence-electron chi connectivity index (χ3n) is 2.21. The molecule has 0 amide bonds. The van der Waals surface area contributed by atoms with E-state index in [0.717, 1.165) is 12.1 Å². The second kappa shape index (κ2) is 4.40. The molecule has 1 heterocycles. The molecule has 0 bridgehead atoms. The van der Waals surface area contributed by atoms with Gasteiger partial charge in [0.25, 0.3) is 0 Å². The van der Waals surface area contributed by atoms with Crippen LogP contribution < -0.4 is 5.73 Å². The van der Waals surface area contributed by atoms with Crippen LogP contribution in [0.1, 0.15) is 5.56 Å². The van der Waals surface area contributed by atoms with Crippen LogP contribution >= 0.6 is 15.9 Å². The quantitative estimate of drug-likeness (QED) is 0.867. The molecule has 2 rings (SSSR count). The number of nitrogens with zero attached hydrogens (tertiary/aromatic N) is 2. The van der Waals surface area contributed by atoms with Crippen LogP contribution in [0, 0.1) is 17.5 Å². The average Bonchev–Trinajstić information content (AvgIpc) is 2.58. The molecule has 0 saturated heterocycles. The molecule has 0 fully saturated rings. The van der Waals surface area contributed by atoms with Crippen LogP contribution in [0.5, 0.6) is 0 Å². The lowest BCUT2D eigenvalue weighted by Gasteiger charge is -2.05. The van der Waals surface area contributed by atoms with Gasteiger partial charge in [-0.15, -0.1) is 0 Å². The molecule has 0 atom stereocenters. The maximum atomic E-state index is 13.0. The molecule has 0 aliphatic carbocycles. The van der Waals surface area contributed by atoms with Gasteiger partial charge in [0.1, 0.15) is 5.82 Å². The highest BCUT2D eigenvalue weighted by Gasteiger charge is 2.12. The second-order valence-electron chi connectivity index (χ2n) is 3.41. The first-order chi connectivity index (χ1) is 7.99. The largest absolute Gasteiger partial charge is 0.383 e. The molecule has 0 radical (unpaired) electrons. The molecule has 1 aromatic carbocycles. The van der Waals surface area contributed by atoms with Crippen molar-refractivity contribution in [3.05, 3.63) is 45.8 Å². The minimum absolute atomic E-state index is 0.0611. The van der Waals surface area contributed by atoms with E-state index in [4.69, 9.17) is 5.73 Å². The fourth-order valence-electron chi connectivity index (χ4n) is 1.37. The summed E-state index contributed by atoms with van der Waals surface area (Å²) >= 11 is 3.15. The van der Waals surface area contributed by atoms with Crippen molar-refractivity contribution in [1.82, 2.24) is 9.78 Å². The molecule has 2 N–H and O–H groups in total.